The van der Waals surface area contributed by atoms with E-state index in [1.54, 1.807) is 11.1 Å². The molecule has 0 aliphatic carbocycles. The fraction of sp³-hybridized carbons (Fsp3) is 0.167. The molecular weight excluding hydrogens is 190 g/mol. The average molecular weight is 201 g/mol. The maximum Gasteiger partial charge on any atom is 0.222 e. The Labute approximate surface area is 88.0 Å². The van der Waals surface area contributed by atoms with Gasteiger partial charge in [-0.1, -0.05) is 30.8 Å². The number of ketones is 1. The van der Waals surface area contributed by atoms with Crippen LogP contribution in [0.3, 0.4) is 0 Å². The highest BCUT2D eigenvalue weighted by Crippen LogP contribution is 2.33. The number of hydrogen-bond donors (Lipinski definition) is 0. The summed E-state index contributed by atoms with van der Waals surface area (Å²) in [5.74, 6) is -0.417. The molecule has 0 saturated carbocycles. The van der Waals surface area contributed by atoms with Crippen LogP contribution in [0.1, 0.15) is 17.2 Å². The quantitative estimate of drug-likeness (QED) is 0.548. The fourth-order valence-electron chi connectivity index (χ4n) is 1.96. The summed E-state index contributed by atoms with van der Waals surface area (Å²) in [5.41, 5.74) is 1.99. The summed E-state index contributed by atoms with van der Waals surface area (Å²) in [4.78, 5) is 23.8. The maximum atomic E-state index is 11.5. The Hall–Kier alpha value is -1.90. The normalized spacial score (nSPS) is 18.4. The van der Waals surface area contributed by atoms with E-state index in [2.05, 4.69) is 6.58 Å². The Morgan fingerprint density at radius 2 is 2.20 bits per heavy atom. The van der Waals surface area contributed by atoms with Crippen LogP contribution in [0.15, 0.2) is 37.0 Å². The number of hydrogen-bond acceptors (Lipinski definition) is 3. The fourth-order valence-corrected chi connectivity index (χ4v) is 1.96. The monoisotopic (exact) mass is 201 g/mol. The van der Waals surface area contributed by atoms with E-state index >= 15 is 0 Å². The molecule has 0 amide bonds. The molecule has 0 fully saturated rings. The van der Waals surface area contributed by atoms with Gasteiger partial charge < -0.3 is 4.90 Å². The highest BCUT2D eigenvalue weighted by atomic mass is 16.2. The first-order valence-electron chi connectivity index (χ1n) is 4.73. The molecule has 76 valence electrons. The minimum absolute atomic E-state index is 0.378. The van der Waals surface area contributed by atoms with Crippen molar-refractivity contribution in [3.8, 4) is 0 Å². The number of Topliss-reactive ketones (excluding diaryl/α,β-unsaturated/α-hetero) is 1. The standard InChI is InChI=1S/C12H11NO2/c1-2-13-7-9-5-3-4-6-10(9)12(13)11(15)8-14/h2-6,8,12H,1,7H2. The Morgan fingerprint density at radius 3 is 2.87 bits per heavy atom. The molecule has 0 radical (unpaired) electrons. The molecule has 0 bridgehead atoms. The van der Waals surface area contributed by atoms with Crippen molar-refractivity contribution in [2.75, 3.05) is 0 Å². The summed E-state index contributed by atoms with van der Waals surface area (Å²) in [5, 5.41) is 0. The lowest BCUT2D eigenvalue weighted by molar-refractivity contribution is -0.132. The van der Waals surface area contributed by atoms with E-state index in [1.165, 1.54) is 0 Å². The van der Waals surface area contributed by atoms with Crippen LogP contribution >= 0.6 is 0 Å². The van der Waals surface area contributed by atoms with E-state index in [1.807, 2.05) is 24.3 Å². The lowest BCUT2D eigenvalue weighted by Gasteiger charge is -2.19. The number of nitrogens with zero attached hydrogens (tertiary/aromatic N) is 1. The number of aldehydes is 1. The van der Waals surface area contributed by atoms with Crippen LogP contribution in [-0.2, 0) is 16.1 Å². The van der Waals surface area contributed by atoms with Crippen molar-refractivity contribution in [2.45, 2.75) is 12.6 Å². The molecule has 1 aromatic rings. The summed E-state index contributed by atoms with van der Waals surface area (Å²) in [6, 6.07) is 7.16. The highest BCUT2D eigenvalue weighted by molar-refractivity contribution is 6.27. The molecule has 1 unspecified atom stereocenters. The van der Waals surface area contributed by atoms with Gasteiger partial charge in [-0.05, 0) is 17.3 Å². The number of fused-ring (bicyclic) bond motifs is 1. The summed E-state index contributed by atoms with van der Waals surface area (Å²) < 4.78 is 0. The Kier molecular flexibility index (Phi) is 2.37. The third kappa shape index (κ3) is 1.46. The second-order valence-electron chi connectivity index (χ2n) is 3.48. The molecule has 15 heavy (non-hydrogen) atoms. The largest absolute Gasteiger partial charge is 0.359 e. The van der Waals surface area contributed by atoms with Crippen molar-refractivity contribution in [1.82, 2.24) is 4.90 Å². The predicted molar refractivity (Wildman–Crippen MR) is 56.0 cm³/mol. The van der Waals surface area contributed by atoms with Crippen molar-refractivity contribution in [3.05, 3.63) is 48.2 Å². The lowest BCUT2D eigenvalue weighted by atomic mass is 10.0. The van der Waals surface area contributed by atoms with Crippen molar-refractivity contribution in [3.63, 3.8) is 0 Å². The van der Waals surface area contributed by atoms with Crippen LogP contribution in [0.25, 0.3) is 0 Å². The molecule has 0 N–H and O–H groups in total. The third-order valence-corrected chi connectivity index (χ3v) is 2.65. The van der Waals surface area contributed by atoms with Gasteiger partial charge in [0.1, 0.15) is 6.04 Å². The van der Waals surface area contributed by atoms with Crippen LogP contribution in [0.5, 0.6) is 0 Å². The van der Waals surface area contributed by atoms with E-state index in [0.717, 1.165) is 11.1 Å². The Bertz CT molecular complexity index is 425. The summed E-state index contributed by atoms with van der Waals surface area (Å²) >= 11 is 0. The van der Waals surface area contributed by atoms with E-state index in [0.29, 0.717) is 12.8 Å². The van der Waals surface area contributed by atoms with Gasteiger partial charge in [0.05, 0.1) is 0 Å². The molecule has 1 aliphatic rings. The first kappa shape index (κ1) is 9.65. The van der Waals surface area contributed by atoms with Crippen LogP contribution < -0.4 is 0 Å². The van der Waals surface area contributed by atoms with Crippen LogP contribution in [0.2, 0.25) is 0 Å². The Balaban J connectivity index is 2.46. The van der Waals surface area contributed by atoms with E-state index in [9.17, 15) is 9.59 Å². The van der Waals surface area contributed by atoms with Gasteiger partial charge in [0.15, 0.2) is 6.29 Å². The molecule has 2 rings (SSSR count). The third-order valence-electron chi connectivity index (χ3n) is 2.65. The highest BCUT2D eigenvalue weighted by Gasteiger charge is 2.32. The predicted octanol–water partition coefficient (Wildman–Crippen LogP) is 1.45. The molecule has 1 heterocycles. The van der Waals surface area contributed by atoms with Gasteiger partial charge in [0.2, 0.25) is 5.78 Å². The smallest absolute Gasteiger partial charge is 0.222 e. The lowest BCUT2D eigenvalue weighted by Crippen LogP contribution is -2.24. The number of carbonyl (C=O) groups excluding carboxylic acids is 2. The van der Waals surface area contributed by atoms with Gasteiger partial charge in [-0.15, -0.1) is 0 Å². The molecule has 3 nitrogen and oxygen atoms in total. The topological polar surface area (TPSA) is 37.4 Å². The SMILES string of the molecule is C=CN1Cc2ccccc2C1C(=O)C=O. The van der Waals surface area contributed by atoms with Crippen molar-refractivity contribution in [1.29, 1.82) is 0 Å². The molecule has 3 heteroatoms. The van der Waals surface area contributed by atoms with Gasteiger partial charge >= 0.3 is 0 Å². The molecule has 0 spiro atoms. The number of benzene rings is 1. The zero-order valence-electron chi connectivity index (χ0n) is 8.22. The molecule has 0 aromatic heterocycles. The molecule has 1 aliphatic heterocycles. The number of rotatable bonds is 3. The summed E-state index contributed by atoms with van der Waals surface area (Å²) in [6.07, 6.45) is 1.98. The zero-order chi connectivity index (χ0) is 10.8. The van der Waals surface area contributed by atoms with Gasteiger partial charge in [0.25, 0.3) is 0 Å². The van der Waals surface area contributed by atoms with E-state index in [-0.39, 0.29) is 0 Å². The average Bonchev–Trinajstić information content (AvgIpc) is 2.66. The molecule has 1 aromatic carbocycles. The second kappa shape index (κ2) is 3.69. The van der Waals surface area contributed by atoms with Gasteiger partial charge in [0, 0.05) is 6.54 Å². The van der Waals surface area contributed by atoms with Crippen molar-refractivity contribution < 1.29 is 9.59 Å². The first-order chi connectivity index (χ1) is 7.27. The minimum Gasteiger partial charge on any atom is -0.359 e. The summed E-state index contributed by atoms with van der Waals surface area (Å²) in [6.45, 7) is 4.29. The number of carbonyl (C=O) groups is 2. The maximum absolute atomic E-state index is 11.5. The van der Waals surface area contributed by atoms with E-state index in [4.69, 9.17) is 0 Å². The van der Waals surface area contributed by atoms with Gasteiger partial charge in [-0.2, -0.15) is 0 Å². The zero-order valence-corrected chi connectivity index (χ0v) is 8.22. The van der Waals surface area contributed by atoms with Crippen molar-refractivity contribution >= 4 is 12.1 Å². The van der Waals surface area contributed by atoms with Crippen LogP contribution in [-0.4, -0.2) is 17.0 Å². The summed E-state index contributed by atoms with van der Waals surface area (Å²) in [7, 11) is 0. The van der Waals surface area contributed by atoms with Crippen molar-refractivity contribution in [2.24, 2.45) is 0 Å². The molecular formula is C12H11NO2. The molecule has 1 atom stereocenters. The van der Waals surface area contributed by atoms with Crippen LogP contribution in [0.4, 0.5) is 0 Å². The van der Waals surface area contributed by atoms with Gasteiger partial charge in [-0.3, -0.25) is 9.59 Å². The Morgan fingerprint density at radius 1 is 1.47 bits per heavy atom. The first-order valence-corrected chi connectivity index (χ1v) is 4.73. The van der Waals surface area contributed by atoms with Gasteiger partial charge in [-0.25, -0.2) is 0 Å². The molecule has 0 saturated heterocycles. The second-order valence-corrected chi connectivity index (χ2v) is 3.48. The minimum atomic E-state index is -0.476. The van der Waals surface area contributed by atoms with Crippen LogP contribution in [0, 0.1) is 0 Å². The van der Waals surface area contributed by atoms with E-state index < -0.39 is 11.8 Å².